The highest BCUT2D eigenvalue weighted by Gasteiger charge is 2.52. The molecule has 3 aliphatic rings. The van der Waals surface area contributed by atoms with Gasteiger partial charge in [-0.2, -0.15) is 0 Å². The van der Waals surface area contributed by atoms with Crippen LogP contribution in [0, 0.1) is 23.2 Å². The quantitative estimate of drug-likeness (QED) is 0.445. The maximum Gasteiger partial charge on any atom is 0.408 e. The molecule has 1 N–H and O–H groups in total. The number of hydrogen-bond donors (Lipinski definition) is 1. The van der Waals surface area contributed by atoms with Gasteiger partial charge in [-0.3, -0.25) is 9.59 Å². The molecule has 6 atom stereocenters. The number of nitrogens with one attached hydrogen (secondary N) is 1. The van der Waals surface area contributed by atoms with Crippen molar-refractivity contribution >= 4 is 28.8 Å². The van der Waals surface area contributed by atoms with E-state index >= 15 is 0 Å². The number of ether oxygens (including phenoxy) is 4. The van der Waals surface area contributed by atoms with Crippen LogP contribution in [0.4, 0.5) is 4.79 Å². The van der Waals surface area contributed by atoms with Gasteiger partial charge in [0.2, 0.25) is 11.8 Å². The highest BCUT2D eigenvalue weighted by molar-refractivity contribution is 5.94. The Morgan fingerprint density at radius 2 is 1.77 bits per heavy atom. The van der Waals surface area contributed by atoms with E-state index in [2.05, 4.69) is 5.32 Å². The van der Waals surface area contributed by atoms with Gasteiger partial charge in [-0.15, -0.1) is 0 Å². The number of carbonyl (C=O) groups excluding carboxylic acids is 3. The molecule has 2 amide bonds. The zero-order valence-corrected chi connectivity index (χ0v) is 29.0. The minimum atomic E-state index is -0.929. The number of aromatic nitrogens is 2. The van der Waals surface area contributed by atoms with E-state index in [4.69, 9.17) is 28.9 Å². The zero-order valence-electron chi connectivity index (χ0n) is 29.0. The summed E-state index contributed by atoms with van der Waals surface area (Å²) in [6, 6.07) is 3.86. The van der Waals surface area contributed by atoms with E-state index in [1.54, 1.807) is 19.1 Å². The highest BCUT2D eigenvalue weighted by Crippen LogP contribution is 2.36. The molecule has 1 aromatic carbocycles. The summed E-state index contributed by atoms with van der Waals surface area (Å²) in [6.45, 7) is 9.70. The molecule has 2 bridgehead atoms. The van der Waals surface area contributed by atoms with Crippen LogP contribution in [0.2, 0.25) is 0 Å². The van der Waals surface area contributed by atoms with Crippen molar-refractivity contribution in [3.63, 3.8) is 0 Å². The van der Waals surface area contributed by atoms with E-state index in [1.807, 2.05) is 52.8 Å². The van der Waals surface area contributed by atoms with E-state index in [9.17, 15) is 14.4 Å². The largest absolute Gasteiger partial charge is 0.497 e. The van der Waals surface area contributed by atoms with E-state index in [0.717, 1.165) is 56.2 Å². The Kier molecular flexibility index (Phi) is 10.9. The van der Waals surface area contributed by atoms with E-state index in [1.165, 1.54) is 0 Å². The summed E-state index contributed by atoms with van der Waals surface area (Å²) in [7, 11) is 3.19. The van der Waals surface area contributed by atoms with Crippen molar-refractivity contribution < 1.29 is 33.3 Å². The lowest BCUT2D eigenvalue weighted by atomic mass is 9.85. The van der Waals surface area contributed by atoms with Gasteiger partial charge < -0.3 is 29.2 Å². The van der Waals surface area contributed by atoms with Crippen LogP contribution in [0.3, 0.4) is 0 Å². The van der Waals surface area contributed by atoms with Crippen LogP contribution in [0.25, 0.3) is 11.0 Å². The van der Waals surface area contributed by atoms with Crippen LogP contribution in [0.1, 0.15) is 85.3 Å². The van der Waals surface area contributed by atoms with Gasteiger partial charge >= 0.3 is 6.09 Å². The lowest BCUT2D eigenvalue weighted by molar-refractivity contribution is -0.143. The van der Waals surface area contributed by atoms with Crippen LogP contribution >= 0.6 is 0 Å². The standard InChI is InChI=1S/C36H52N4O7/c1-21(2)31(41)30-24(20-44-6)29-19-40(30)34(42)32(36(3,4)5)39-35(43)47-28-15-11-13-22(28)12-9-8-10-14-26-33(46-29)38-27-18-23(45-7)16-17-25(27)37-26/h16-18,21-22,24,28-30,32H,8-15,19-20H2,1-7H3,(H,39,43). The first-order valence-corrected chi connectivity index (χ1v) is 17.2. The Balaban J connectivity index is 1.58. The third-order valence-electron chi connectivity index (χ3n) is 9.98. The van der Waals surface area contributed by atoms with Crippen LogP contribution in [0.5, 0.6) is 11.6 Å². The topological polar surface area (TPSA) is 129 Å². The number of carbonyl (C=O) groups is 3. The fourth-order valence-corrected chi connectivity index (χ4v) is 7.38. The first-order valence-electron chi connectivity index (χ1n) is 17.2. The van der Waals surface area contributed by atoms with Gasteiger partial charge in [0.05, 0.1) is 37.3 Å². The second-order valence-corrected chi connectivity index (χ2v) is 14.8. The second-order valence-electron chi connectivity index (χ2n) is 14.8. The van der Waals surface area contributed by atoms with Crippen molar-refractivity contribution in [3.05, 3.63) is 23.9 Å². The molecule has 1 saturated carbocycles. The number of aryl methyl sites for hydroxylation is 1. The number of nitrogens with zero attached hydrogens (tertiary/aromatic N) is 3. The molecule has 2 aliphatic heterocycles. The van der Waals surface area contributed by atoms with Crippen LogP contribution in [-0.2, 0) is 25.5 Å². The Bertz CT molecular complexity index is 1440. The maximum absolute atomic E-state index is 14.6. The van der Waals surface area contributed by atoms with Crippen LogP contribution in [0.15, 0.2) is 18.2 Å². The summed E-state index contributed by atoms with van der Waals surface area (Å²) in [5.74, 6) is 0.101. The zero-order chi connectivity index (χ0) is 33.9. The Labute approximate surface area is 278 Å². The molecule has 1 aliphatic carbocycles. The van der Waals surface area contributed by atoms with Gasteiger partial charge in [-0.25, -0.2) is 14.8 Å². The third kappa shape index (κ3) is 7.82. The molecule has 1 saturated heterocycles. The molecule has 5 rings (SSSR count). The average molecular weight is 653 g/mol. The number of amides is 2. The van der Waals surface area contributed by atoms with Crippen molar-refractivity contribution in [2.45, 2.75) is 110 Å². The predicted molar refractivity (Wildman–Crippen MR) is 177 cm³/mol. The van der Waals surface area contributed by atoms with Crippen molar-refractivity contribution in [1.29, 1.82) is 0 Å². The number of benzene rings is 1. The van der Waals surface area contributed by atoms with Gasteiger partial charge in [0.15, 0.2) is 5.78 Å². The van der Waals surface area contributed by atoms with Crippen LogP contribution < -0.4 is 14.8 Å². The third-order valence-corrected chi connectivity index (χ3v) is 9.98. The highest BCUT2D eigenvalue weighted by atomic mass is 16.6. The lowest BCUT2D eigenvalue weighted by Crippen LogP contribution is -2.58. The summed E-state index contributed by atoms with van der Waals surface area (Å²) in [5.41, 5.74) is 1.47. The number of rotatable bonds is 5. The first kappa shape index (κ1) is 34.9. The lowest BCUT2D eigenvalue weighted by Gasteiger charge is -2.36. The monoisotopic (exact) mass is 652 g/mol. The normalized spacial score (nSPS) is 27.7. The molecule has 1 aromatic heterocycles. The predicted octanol–water partition coefficient (Wildman–Crippen LogP) is 5.51. The number of Topliss-reactive ketones (excluding diaryl/α,β-unsaturated/α-hetero) is 1. The fourth-order valence-electron chi connectivity index (χ4n) is 7.38. The molecule has 3 heterocycles. The Morgan fingerprint density at radius 1 is 1.00 bits per heavy atom. The molecule has 258 valence electrons. The molecule has 0 spiro atoms. The summed E-state index contributed by atoms with van der Waals surface area (Å²) in [4.78, 5) is 53.3. The van der Waals surface area contributed by atoms with Gasteiger partial charge in [0.1, 0.15) is 29.7 Å². The van der Waals surface area contributed by atoms with Crippen molar-refractivity contribution in [2.24, 2.45) is 23.2 Å². The number of fused-ring (bicyclic) bond motifs is 5. The molecular formula is C36H52N4O7. The SMILES string of the molecule is COCC1C2CN(C(=O)C(C(C)(C)C)NC(=O)OC3CCCC3CCCCCc3nc4ccc(OC)cc4nc3O2)C1C(=O)C(C)C. The van der Waals surface area contributed by atoms with Crippen LogP contribution in [-0.4, -0.2) is 84.3 Å². The molecular weight excluding hydrogens is 600 g/mol. The van der Waals surface area contributed by atoms with E-state index < -0.39 is 35.6 Å². The van der Waals surface area contributed by atoms with Gasteiger partial charge in [-0.1, -0.05) is 47.5 Å². The van der Waals surface area contributed by atoms with Gasteiger partial charge in [-0.05, 0) is 62.0 Å². The Morgan fingerprint density at radius 3 is 2.47 bits per heavy atom. The molecule has 2 aromatic rings. The van der Waals surface area contributed by atoms with E-state index in [0.29, 0.717) is 29.5 Å². The molecule has 47 heavy (non-hydrogen) atoms. The summed E-state index contributed by atoms with van der Waals surface area (Å²) < 4.78 is 23.8. The molecule has 6 unspecified atom stereocenters. The number of ketones is 1. The van der Waals surface area contributed by atoms with Crippen molar-refractivity contribution in [2.75, 3.05) is 27.4 Å². The maximum atomic E-state index is 14.6. The number of methoxy groups -OCH3 is 2. The summed E-state index contributed by atoms with van der Waals surface area (Å²) >= 11 is 0. The number of hydrogen-bond acceptors (Lipinski definition) is 9. The van der Waals surface area contributed by atoms with Gasteiger partial charge in [0.25, 0.3) is 0 Å². The molecule has 11 nitrogen and oxygen atoms in total. The second kappa shape index (κ2) is 14.7. The summed E-state index contributed by atoms with van der Waals surface area (Å²) in [6.07, 6.45) is 6.02. The van der Waals surface area contributed by atoms with Crippen molar-refractivity contribution in [3.8, 4) is 11.6 Å². The average Bonchev–Trinajstić information content (AvgIpc) is 3.61. The minimum Gasteiger partial charge on any atom is -0.497 e. The summed E-state index contributed by atoms with van der Waals surface area (Å²) in [5, 5.41) is 2.92. The molecule has 0 radical (unpaired) electrons. The fraction of sp³-hybridized carbons (Fsp3) is 0.694. The minimum absolute atomic E-state index is 0.0871. The first-order chi connectivity index (χ1) is 22.4. The van der Waals surface area contributed by atoms with Crippen molar-refractivity contribution in [1.82, 2.24) is 20.2 Å². The van der Waals surface area contributed by atoms with E-state index in [-0.39, 0.29) is 36.9 Å². The molecule has 11 heteroatoms. The smallest absolute Gasteiger partial charge is 0.408 e. The number of alkyl carbamates (subject to hydrolysis) is 1. The van der Waals surface area contributed by atoms with Gasteiger partial charge in [0, 0.05) is 25.0 Å². The Hall–Kier alpha value is -3.47. The molecule has 2 fully saturated rings.